The van der Waals surface area contributed by atoms with E-state index in [4.69, 9.17) is 6.15 Å². The van der Waals surface area contributed by atoms with Gasteiger partial charge in [-0.05, 0) is 12.2 Å². The van der Waals surface area contributed by atoms with E-state index >= 15 is 0 Å². The molecule has 0 aromatic carbocycles. The molecule has 0 N–H and O–H groups in total. The fourth-order valence-corrected chi connectivity index (χ4v) is 14.6. The summed E-state index contributed by atoms with van der Waals surface area (Å²) >= 11 is -2.55. The first-order valence-corrected chi connectivity index (χ1v) is 21.6. The van der Waals surface area contributed by atoms with Gasteiger partial charge >= 0.3 is 158 Å². The van der Waals surface area contributed by atoms with Crippen molar-refractivity contribution < 1.29 is 26.0 Å². The maximum absolute atomic E-state index is 9.41. The molecule has 30 heavy (non-hydrogen) atoms. The average molecular weight is 642 g/mol. The molecule has 0 aliphatic heterocycles. The van der Waals surface area contributed by atoms with Gasteiger partial charge in [-0.3, -0.25) is 0 Å². The Morgan fingerprint density at radius 3 is 1.00 bits per heavy atom. The van der Waals surface area contributed by atoms with Crippen LogP contribution in [0.15, 0.2) is 12.2 Å². The van der Waals surface area contributed by atoms with Gasteiger partial charge < -0.3 is 19.8 Å². The molecule has 8 heteroatoms. The van der Waals surface area contributed by atoms with Crippen LogP contribution in [0.25, 0.3) is 0 Å². The van der Waals surface area contributed by atoms with Gasteiger partial charge in [0.25, 0.3) is 0 Å². The third kappa shape index (κ3) is 32.9. The van der Waals surface area contributed by atoms with Gasteiger partial charge in [0.05, 0.1) is 11.9 Å². The maximum Gasteiger partial charge on any atom is 0.0643 e. The molecule has 0 amide bonds. The fraction of sp³-hybridized carbons (Fsp3) is 0.818. The summed E-state index contributed by atoms with van der Waals surface area (Å²) in [5.41, 5.74) is 0. The summed E-state index contributed by atoms with van der Waals surface area (Å²) in [7, 11) is 3.83. The van der Waals surface area contributed by atoms with Crippen LogP contribution in [0.4, 0.5) is 0 Å². The van der Waals surface area contributed by atoms with E-state index in [2.05, 4.69) is 27.7 Å². The Bertz CT molecular complexity index is 353. The molecule has 0 rings (SSSR count). The summed E-state index contributed by atoms with van der Waals surface area (Å²) < 4.78 is 16.9. The van der Waals surface area contributed by atoms with Crippen molar-refractivity contribution in [3.05, 3.63) is 12.2 Å². The zero-order valence-electron chi connectivity index (χ0n) is 20.1. The van der Waals surface area contributed by atoms with Crippen LogP contribution in [0.3, 0.4) is 0 Å². The molecule has 0 saturated carbocycles. The van der Waals surface area contributed by atoms with Gasteiger partial charge in [-0.25, -0.2) is 0 Å². The quantitative estimate of drug-likeness (QED) is 0.189. The summed E-state index contributed by atoms with van der Waals surface area (Å²) in [6.45, 7) is 9.04. The van der Waals surface area contributed by atoms with Crippen molar-refractivity contribution in [3.8, 4) is 0 Å². The first-order valence-electron chi connectivity index (χ1n) is 11.2. The van der Waals surface area contributed by atoms with Crippen molar-refractivity contribution in [3.63, 3.8) is 0 Å². The number of carbonyl (C=O) groups excluding carboxylic acids is 2. The largest absolute Gasteiger partial charge is 0.545 e. The van der Waals surface area contributed by atoms with Gasteiger partial charge in [-0.15, -0.1) is 0 Å². The molecule has 176 valence electrons. The molecule has 0 aliphatic carbocycles. The van der Waals surface area contributed by atoms with Crippen molar-refractivity contribution in [2.75, 3.05) is 14.2 Å². The molecule has 0 spiro atoms. The number of carbonyl (C=O) groups is 2. The SMILES string of the molecule is CCC[CH2][Sn+]([CH2]CCC)[O]C.CCC[CH2][Sn+]([CH2]CCC)[O]C.O=C([O-])/C=C\C(=O)[O-]. The molecule has 0 unspecified atom stereocenters. The van der Waals surface area contributed by atoms with E-state index in [0.29, 0.717) is 12.2 Å². The second kappa shape index (κ2) is 29.2. The zero-order valence-corrected chi connectivity index (χ0v) is 25.8. The Labute approximate surface area is 200 Å². The molecule has 0 heterocycles. The van der Waals surface area contributed by atoms with Gasteiger partial charge in [0.1, 0.15) is 0 Å². The van der Waals surface area contributed by atoms with E-state index in [0.717, 1.165) is 0 Å². The first kappa shape index (κ1) is 34.8. The summed E-state index contributed by atoms with van der Waals surface area (Å²) in [5.74, 6) is -3.09. The second-order valence-electron chi connectivity index (χ2n) is 6.87. The smallest absolute Gasteiger partial charge is 0.0643 e. The van der Waals surface area contributed by atoms with Gasteiger partial charge in [0.15, 0.2) is 0 Å². The van der Waals surface area contributed by atoms with Crippen LogP contribution in [-0.2, 0) is 15.7 Å². The van der Waals surface area contributed by atoms with E-state index in [1.807, 2.05) is 14.2 Å². The summed E-state index contributed by atoms with van der Waals surface area (Å²) in [6.07, 6.45) is 11.7. The third-order valence-corrected chi connectivity index (χ3v) is 17.9. The molecular formula is C22H44O6Sn2. The Hall–Kier alpha value is 0.197. The van der Waals surface area contributed by atoms with Crippen LogP contribution in [-0.4, -0.2) is 66.5 Å². The van der Waals surface area contributed by atoms with Gasteiger partial charge in [-0.2, -0.15) is 0 Å². The predicted octanol–water partition coefficient (Wildman–Crippen LogP) is 3.49. The molecule has 0 atom stereocenters. The Morgan fingerprint density at radius 2 is 0.867 bits per heavy atom. The van der Waals surface area contributed by atoms with Crippen LogP contribution < -0.4 is 10.2 Å². The van der Waals surface area contributed by atoms with Crippen LogP contribution in [0.1, 0.15) is 79.1 Å². The first-order chi connectivity index (χ1) is 14.3. The number of hydrogen-bond donors (Lipinski definition) is 0. The molecule has 0 aromatic heterocycles. The number of aliphatic carboxylic acids is 2. The normalized spacial score (nSPS) is 9.93. The molecule has 0 aliphatic rings. The molecule has 0 fully saturated rings. The van der Waals surface area contributed by atoms with E-state index in [-0.39, 0.29) is 0 Å². The number of rotatable bonds is 16. The van der Waals surface area contributed by atoms with Gasteiger partial charge in [-0.1, -0.05) is 0 Å². The van der Waals surface area contributed by atoms with Crippen LogP contribution in [0.2, 0.25) is 17.7 Å². The average Bonchev–Trinajstić information content (AvgIpc) is 2.73. The topological polar surface area (TPSA) is 98.7 Å². The zero-order chi connectivity index (χ0) is 23.6. The van der Waals surface area contributed by atoms with E-state index in [1.54, 1.807) is 0 Å². The van der Waals surface area contributed by atoms with Gasteiger partial charge in [0, 0.05) is 0 Å². The van der Waals surface area contributed by atoms with Crippen LogP contribution in [0, 0.1) is 0 Å². The number of hydrogen-bond acceptors (Lipinski definition) is 6. The Morgan fingerprint density at radius 1 is 0.633 bits per heavy atom. The standard InChI is InChI=1S/C4H4O4.4C4H9.2CH3O.2Sn/c5-3(6)1-2-4(7)8;4*1-3-4-2;2*1-2;;/h1-2H,(H,5,6)(H,7,8);4*1,3-4H2,2H3;2*1H3;;/q;;;;;2*-1;2*+2/p-2/b2-1-;;;;;;;;. The summed E-state index contributed by atoms with van der Waals surface area (Å²) in [6, 6.07) is 0. The molecule has 6 nitrogen and oxygen atoms in total. The third-order valence-electron chi connectivity index (χ3n) is 4.17. The van der Waals surface area contributed by atoms with E-state index < -0.39 is 52.3 Å². The van der Waals surface area contributed by atoms with Crippen molar-refractivity contribution >= 4 is 52.3 Å². The number of carboxylic acid groups (broad SMARTS) is 2. The molecule has 0 saturated heterocycles. The predicted molar refractivity (Wildman–Crippen MR) is 124 cm³/mol. The number of carboxylic acids is 2. The van der Waals surface area contributed by atoms with E-state index in [1.165, 1.54) is 69.1 Å². The minimum atomic E-state index is -1.55. The van der Waals surface area contributed by atoms with Gasteiger partial charge in [0.2, 0.25) is 0 Å². The van der Waals surface area contributed by atoms with Crippen molar-refractivity contribution in [2.24, 2.45) is 0 Å². The minimum Gasteiger partial charge on any atom is -0.545 e. The molecule has 0 aromatic rings. The van der Waals surface area contributed by atoms with Crippen molar-refractivity contribution in [1.29, 1.82) is 0 Å². The van der Waals surface area contributed by atoms with Crippen LogP contribution in [0.5, 0.6) is 0 Å². The fourth-order valence-electron chi connectivity index (χ4n) is 2.29. The molecule has 0 bridgehead atoms. The van der Waals surface area contributed by atoms with E-state index in [9.17, 15) is 19.8 Å². The van der Waals surface area contributed by atoms with Crippen LogP contribution >= 0.6 is 0 Å². The summed E-state index contributed by atoms with van der Waals surface area (Å²) in [4.78, 5) is 18.8. The maximum atomic E-state index is 9.41. The molecular weight excluding hydrogens is 598 g/mol. The second-order valence-corrected chi connectivity index (χ2v) is 21.1. The summed E-state index contributed by atoms with van der Waals surface area (Å²) in [5, 5.41) is 18.8. The van der Waals surface area contributed by atoms with Crippen molar-refractivity contribution in [1.82, 2.24) is 0 Å². The monoisotopic (exact) mass is 644 g/mol. The minimum absolute atomic E-state index is 0.384. The number of unbranched alkanes of at least 4 members (excludes halogenated alkanes) is 4. The molecule has 0 radical (unpaired) electrons. The Balaban J connectivity index is -0.000000370. The Kier molecular flexibility index (Phi) is 33.9. The van der Waals surface area contributed by atoms with Crippen molar-refractivity contribution in [2.45, 2.75) is 96.8 Å².